The molecule has 1 aromatic carbocycles. The standard InChI is InChI=1S/C15H13ClN2OS3/c1-3-18-14(19)12(22-15(18)20)6-7-13-17(2)10-8-9(16)4-5-11(10)21-13/h4-8H,3H2,1-2H3/b12-6-,13-7-. The van der Waals surface area contributed by atoms with Gasteiger partial charge in [0.25, 0.3) is 5.91 Å². The number of hydrogen-bond acceptors (Lipinski definition) is 5. The van der Waals surface area contributed by atoms with Gasteiger partial charge in [0.2, 0.25) is 0 Å². The van der Waals surface area contributed by atoms with E-state index in [1.165, 1.54) is 11.8 Å². The van der Waals surface area contributed by atoms with E-state index in [-0.39, 0.29) is 5.91 Å². The van der Waals surface area contributed by atoms with Crippen molar-refractivity contribution in [3.63, 3.8) is 0 Å². The van der Waals surface area contributed by atoms with E-state index in [2.05, 4.69) is 4.90 Å². The van der Waals surface area contributed by atoms with Gasteiger partial charge in [0, 0.05) is 23.5 Å². The molecule has 3 nitrogen and oxygen atoms in total. The van der Waals surface area contributed by atoms with Crippen LogP contribution in [0.3, 0.4) is 0 Å². The molecule has 1 amide bonds. The van der Waals surface area contributed by atoms with Gasteiger partial charge in [0.15, 0.2) is 0 Å². The fourth-order valence-corrected chi connectivity index (χ4v) is 4.74. The van der Waals surface area contributed by atoms with E-state index in [1.807, 2.05) is 44.3 Å². The lowest BCUT2D eigenvalue weighted by Crippen LogP contribution is -2.27. The Morgan fingerprint density at radius 1 is 1.32 bits per heavy atom. The van der Waals surface area contributed by atoms with Crippen molar-refractivity contribution >= 4 is 63.3 Å². The largest absolute Gasteiger partial charge is 0.338 e. The van der Waals surface area contributed by atoms with Crippen LogP contribution in [-0.4, -0.2) is 28.7 Å². The number of benzene rings is 1. The van der Waals surface area contributed by atoms with E-state index in [1.54, 1.807) is 16.7 Å². The van der Waals surface area contributed by atoms with Crippen LogP contribution in [0.2, 0.25) is 5.02 Å². The Kier molecular flexibility index (Phi) is 4.54. The summed E-state index contributed by atoms with van der Waals surface area (Å²) in [4.78, 5) is 17.7. The highest BCUT2D eigenvalue weighted by Crippen LogP contribution is 2.46. The fraction of sp³-hybridized carbons (Fsp3) is 0.200. The normalized spacial score (nSPS) is 21.4. The third-order valence-electron chi connectivity index (χ3n) is 3.39. The second kappa shape index (κ2) is 6.28. The molecular weight excluding hydrogens is 356 g/mol. The van der Waals surface area contributed by atoms with E-state index >= 15 is 0 Å². The van der Waals surface area contributed by atoms with Crippen molar-refractivity contribution < 1.29 is 4.79 Å². The summed E-state index contributed by atoms with van der Waals surface area (Å²) in [5.41, 5.74) is 1.08. The van der Waals surface area contributed by atoms with Crippen molar-refractivity contribution in [2.24, 2.45) is 0 Å². The number of carbonyl (C=O) groups is 1. The summed E-state index contributed by atoms with van der Waals surface area (Å²) < 4.78 is 0.625. The van der Waals surface area contributed by atoms with Crippen LogP contribution < -0.4 is 4.90 Å². The number of thiocarbonyl (C=S) groups is 1. The molecule has 0 aromatic heterocycles. The molecule has 0 atom stereocenters. The first-order valence-electron chi connectivity index (χ1n) is 6.68. The number of anilines is 1. The molecule has 0 saturated carbocycles. The highest BCUT2D eigenvalue weighted by molar-refractivity contribution is 8.26. The Bertz CT molecular complexity index is 729. The van der Waals surface area contributed by atoms with Gasteiger partial charge >= 0.3 is 0 Å². The second-order valence-electron chi connectivity index (χ2n) is 4.73. The summed E-state index contributed by atoms with van der Waals surface area (Å²) in [6.45, 7) is 2.53. The summed E-state index contributed by atoms with van der Waals surface area (Å²) in [6, 6.07) is 5.84. The molecule has 1 fully saturated rings. The minimum atomic E-state index is -0.0134. The van der Waals surface area contributed by atoms with E-state index in [0.717, 1.165) is 20.6 Å². The van der Waals surface area contributed by atoms with Gasteiger partial charge < -0.3 is 4.90 Å². The van der Waals surface area contributed by atoms with E-state index in [0.29, 0.717) is 15.8 Å². The highest BCUT2D eigenvalue weighted by atomic mass is 35.5. The van der Waals surface area contributed by atoms with Gasteiger partial charge in [-0.15, -0.1) is 0 Å². The maximum atomic E-state index is 12.2. The Morgan fingerprint density at radius 2 is 2.09 bits per heavy atom. The molecule has 0 N–H and O–H groups in total. The number of amides is 1. The maximum Gasteiger partial charge on any atom is 0.266 e. The molecule has 0 radical (unpaired) electrons. The van der Waals surface area contributed by atoms with E-state index < -0.39 is 0 Å². The molecule has 3 rings (SSSR count). The quantitative estimate of drug-likeness (QED) is 0.565. The van der Waals surface area contributed by atoms with Gasteiger partial charge in [0.1, 0.15) is 4.32 Å². The van der Waals surface area contributed by atoms with Gasteiger partial charge in [-0.3, -0.25) is 9.69 Å². The van der Waals surface area contributed by atoms with Gasteiger partial charge in [-0.05, 0) is 37.3 Å². The average molecular weight is 369 g/mol. The lowest BCUT2D eigenvalue weighted by Gasteiger charge is -2.13. The number of rotatable bonds is 2. The smallest absolute Gasteiger partial charge is 0.266 e. The molecule has 2 aliphatic rings. The van der Waals surface area contributed by atoms with Gasteiger partial charge in [-0.1, -0.05) is 47.3 Å². The number of likely N-dealkylation sites (N-methyl/N-ethyl adjacent to an activating group) is 1. The van der Waals surface area contributed by atoms with Crippen molar-refractivity contribution in [2.45, 2.75) is 11.8 Å². The number of allylic oxidation sites excluding steroid dienone is 2. The SMILES string of the molecule is CCN1C(=O)/C(=C/C=C2\Sc3ccc(Cl)cc3N2C)SC1=S. The van der Waals surface area contributed by atoms with Crippen molar-refractivity contribution in [1.82, 2.24) is 4.90 Å². The fourth-order valence-electron chi connectivity index (χ4n) is 2.22. The van der Waals surface area contributed by atoms with E-state index in [9.17, 15) is 4.79 Å². The molecule has 0 unspecified atom stereocenters. The zero-order valence-electron chi connectivity index (χ0n) is 12.0. The maximum absolute atomic E-state index is 12.2. The summed E-state index contributed by atoms with van der Waals surface area (Å²) in [6.07, 6.45) is 3.81. The Labute approximate surface area is 148 Å². The van der Waals surface area contributed by atoms with Crippen LogP contribution in [0.15, 0.2) is 45.2 Å². The number of thioether (sulfide) groups is 2. The predicted octanol–water partition coefficient (Wildman–Crippen LogP) is 4.49. The zero-order chi connectivity index (χ0) is 15.9. The molecule has 114 valence electrons. The van der Waals surface area contributed by atoms with Crippen LogP contribution in [0.5, 0.6) is 0 Å². The second-order valence-corrected chi connectivity index (χ2v) is 7.90. The third-order valence-corrected chi connectivity index (χ3v) is 6.21. The van der Waals surface area contributed by atoms with Crippen LogP contribution >= 0.6 is 47.3 Å². The zero-order valence-corrected chi connectivity index (χ0v) is 15.2. The predicted molar refractivity (Wildman–Crippen MR) is 99.5 cm³/mol. The first-order valence-corrected chi connectivity index (χ1v) is 9.10. The number of fused-ring (bicyclic) bond motifs is 1. The summed E-state index contributed by atoms with van der Waals surface area (Å²) >= 11 is 14.3. The molecule has 2 heterocycles. The van der Waals surface area contributed by atoms with Crippen molar-refractivity contribution in [3.05, 3.63) is 45.3 Å². The molecule has 7 heteroatoms. The van der Waals surface area contributed by atoms with Crippen LogP contribution in [0, 0.1) is 0 Å². The van der Waals surface area contributed by atoms with Crippen LogP contribution in [0.1, 0.15) is 6.92 Å². The molecule has 1 saturated heterocycles. The Balaban J connectivity index is 1.85. The number of hydrogen-bond donors (Lipinski definition) is 0. The van der Waals surface area contributed by atoms with Crippen LogP contribution in [0.25, 0.3) is 0 Å². The minimum absolute atomic E-state index is 0.0134. The van der Waals surface area contributed by atoms with E-state index in [4.69, 9.17) is 23.8 Å². The molecule has 0 aliphatic carbocycles. The molecule has 2 aliphatic heterocycles. The molecular formula is C15H13ClN2OS3. The molecule has 0 spiro atoms. The lowest BCUT2D eigenvalue weighted by atomic mass is 10.3. The van der Waals surface area contributed by atoms with Gasteiger partial charge in [0.05, 0.1) is 15.6 Å². The summed E-state index contributed by atoms with van der Waals surface area (Å²) in [5.74, 6) is -0.0134. The first-order chi connectivity index (χ1) is 10.5. The number of carbonyl (C=O) groups excluding carboxylic acids is 1. The van der Waals surface area contributed by atoms with Crippen LogP contribution in [-0.2, 0) is 4.79 Å². The molecule has 0 bridgehead atoms. The average Bonchev–Trinajstić information content (AvgIpc) is 2.94. The Hall–Kier alpha value is -0.950. The van der Waals surface area contributed by atoms with Gasteiger partial charge in [-0.2, -0.15) is 0 Å². The molecule has 22 heavy (non-hydrogen) atoms. The van der Waals surface area contributed by atoms with Crippen molar-refractivity contribution in [1.29, 1.82) is 0 Å². The van der Waals surface area contributed by atoms with Gasteiger partial charge in [-0.25, -0.2) is 0 Å². The number of halogens is 1. The van der Waals surface area contributed by atoms with Crippen molar-refractivity contribution in [3.8, 4) is 0 Å². The first kappa shape index (κ1) is 15.9. The lowest BCUT2D eigenvalue weighted by molar-refractivity contribution is -0.122. The Morgan fingerprint density at radius 3 is 2.77 bits per heavy atom. The number of nitrogens with zero attached hydrogens (tertiary/aromatic N) is 2. The minimum Gasteiger partial charge on any atom is -0.338 e. The highest BCUT2D eigenvalue weighted by Gasteiger charge is 2.30. The summed E-state index contributed by atoms with van der Waals surface area (Å²) in [5, 5.41) is 1.77. The summed E-state index contributed by atoms with van der Waals surface area (Å²) in [7, 11) is 1.99. The third kappa shape index (κ3) is 2.80. The van der Waals surface area contributed by atoms with Crippen molar-refractivity contribution in [2.75, 3.05) is 18.5 Å². The topological polar surface area (TPSA) is 23.6 Å². The van der Waals surface area contributed by atoms with Crippen LogP contribution in [0.4, 0.5) is 5.69 Å². The molecule has 1 aromatic rings. The monoisotopic (exact) mass is 368 g/mol.